The summed E-state index contributed by atoms with van der Waals surface area (Å²) < 4.78 is 18.6. The van der Waals surface area contributed by atoms with Crippen LogP contribution in [-0.4, -0.2) is 0 Å². The van der Waals surface area contributed by atoms with Crippen LogP contribution in [-0.2, 0) is 6.61 Å². The van der Waals surface area contributed by atoms with Crippen LogP contribution in [0.15, 0.2) is 35.0 Å². The summed E-state index contributed by atoms with van der Waals surface area (Å²) in [5, 5.41) is 3.90. The first-order chi connectivity index (χ1) is 7.27. The molecule has 78 valence electrons. The monoisotopic (exact) mass is 223 g/mol. The lowest BCUT2D eigenvalue weighted by Crippen LogP contribution is -1.99. The van der Waals surface area contributed by atoms with Crippen molar-refractivity contribution in [2.45, 2.75) is 6.61 Å². The number of ether oxygens (including phenoxy) is 1. The fourth-order valence-electron chi connectivity index (χ4n) is 1.21. The Labute approximate surface area is 91.1 Å². The van der Waals surface area contributed by atoms with Gasteiger partial charge < -0.3 is 10.5 Å². The molecule has 15 heavy (non-hydrogen) atoms. The highest BCUT2D eigenvalue weighted by Crippen LogP contribution is 2.25. The van der Waals surface area contributed by atoms with Crippen molar-refractivity contribution in [3.8, 4) is 5.75 Å². The first-order valence-electron chi connectivity index (χ1n) is 4.45. The number of para-hydroxylation sites is 1. The van der Waals surface area contributed by atoms with Crippen LogP contribution in [0.5, 0.6) is 5.75 Å². The minimum absolute atomic E-state index is 0.128. The fourth-order valence-corrected chi connectivity index (χ4v) is 1.86. The van der Waals surface area contributed by atoms with E-state index in [1.807, 2.05) is 16.8 Å². The number of nitrogens with two attached hydrogens (primary N) is 1. The molecule has 4 heteroatoms. The SMILES string of the molecule is Nc1cccc(F)c1OCc1ccsc1. The number of hydrogen-bond acceptors (Lipinski definition) is 3. The third kappa shape index (κ3) is 2.27. The van der Waals surface area contributed by atoms with Gasteiger partial charge in [0.2, 0.25) is 0 Å². The van der Waals surface area contributed by atoms with E-state index in [-0.39, 0.29) is 5.75 Å². The fraction of sp³-hybridized carbons (Fsp3) is 0.0909. The van der Waals surface area contributed by atoms with Crippen molar-refractivity contribution < 1.29 is 9.13 Å². The largest absolute Gasteiger partial charge is 0.484 e. The number of hydrogen-bond donors (Lipinski definition) is 1. The van der Waals surface area contributed by atoms with Crippen molar-refractivity contribution >= 4 is 17.0 Å². The van der Waals surface area contributed by atoms with E-state index in [2.05, 4.69) is 0 Å². The Morgan fingerprint density at radius 1 is 1.33 bits per heavy atom. The van der Waals surface area contributed by atoms with Gasteiger partial charge in [-0.05, 0) is 34.5 Å². The standard InChI is InChI=1S/C11H10FNOS/c12-9-2-1-3-10(13)11(9)14-6-8-4-5-15-7-8/h1-5,7H,6,13H2. The number of nitrogen functional groups attached to an aromatic ring is 1. The lowest BCUT2D eigenvalue weighted by Gasteiger charge is -2.08. The maximum atomic E-state index is 13.3. The molecule has 0 saturated heterocycles. The number of halogens is 1. The average Bonchev–Trinajstić information content (AvgIpc) is 2.70. The Bertz CT molecular complexity index is 422. The zero-order chi connectivity index (χ0) is 10.7. The molecule has 0 atom stereocenters. The summed E-state index contributed by atoms with van der Waals surface area (Å²) in [4.78, 5) is 0. The van der Waals surface area contributed by atoms with Crippen molar-refractivity contribution in [2.75, 3.05) is 5.73 Å². The van der Waals surface area contributed by atoms with Gasteiger partial charge in [-0.1, -0.05) is 6.07 Å². The van der Waals surface area contributed by atoms with Crippen LogP contribution in [0.4, 0.5) is 10.1 Å². The van der Waals surface area contributed by atoms with E-state index in [1.165, 1.54) is 6.07 Å². The van der Waals surface area contributed by atoms with Crippen LogP contribution >= 0.6 is 11.3 Å². The first-order valence-corrected chi connectivity index (χ1v) is 5.39. The summed E-state index contributed by atoms with van der Waals surface area (Å²) in [5.74, 6) is -0.297. The third-order valence-corrected chi connectivity index (χ3v) is 2.69. The second-order valence-corrected chi connectivity index (χ2v) is 3.86. The lowest BCUT2D eigenvalue weighted by molar-refractivity contribution is 0.292. The zero-order valence-electron chi connectivity index (χ0n) is 7.94. The van der Waals surface area contributed by atoms with E-state index >= 15 is 0 Å². The highest BCUT2D eigenvalue weighted by molar-refractivity contribution is 7.07. The molecular weight excluding hydrogens is 213 g/mol. The first kappa shape index (κ1) is 9.98. The second kappa shape index (κ2) is 4.31. The summed E-state index contributed by atoms with van der Waals surface area (Å²) in [7, 11) is 0. The van der Waals surface area contributed by atoms with E-state index in [0.29, 0.717) is 12.3 Å². The predicted molar refractivity (Wildman–Crippen MR) is 59.5 cm³/mol. The van der Waals surface area contributed by atoms with Crippen molar-refractivity contribution in [3.05, 3.63) is 46.4 Å². The molecule has 2 rings (SSSR count). The van der Waals surface area contributed by atoms with E-state index in [4.69, 9.17) is 10.5 Å². The zero-order valence-corrected chi connectivity index (χ0v) is 8.76. The molecule has 1 heterocycles. The molecule has 1 aromatic heterocycles. The van der Waals surface area contributed by atoms with Gasteiger partial charge >= 0.3 is 0 Å². The molecule has 2 nitrogen and oxygen atoms in total. The third-order valence-electron chi connectivity index (χ3n) is 1.96. The van der Waals surface area contributed by atoms with Gasteiger partial charge in [-0.25, -0.2) is 4.39 Å². The Hall–Kier alpha value is -1.55. The number of rotatable bonds is 3. The van der Waals surface area contributed by atoms with Gasteiger partial charge in [-0.15, -0.1) is 0 Å². The maximum absolute atomic E-state index is 13.3. The molecular formula is C11H10FNOS. The highest BCUT2D eigenvalue weighted by Gasteiger charge is 2.07. The summed E-state index contributed by atoms with van der Waals surface area (Å²) in [6.45, 7) is 0.342. The summed E-state index contributed by atoms with van der Waals surface area (Å²) >= 11 is 1.58. The lowest BCUT2D eigenvalue weighted by atomic mass is 10.3. The van der Waals surface area contributed by atoms with E-state index in [1.54, 1.807) is 23.5 Å². The molecule has 0 unspecified atom stereocenters. The van der Waals surface area contributed by atoms with Gasteiger partial charge in [0.05, 0.1) is 5.69 Å². The predicted octanol–water partition coefficient (Wildman–Crippen LogP) is 3.05. The minimum atomic E-state index is -0.426. The van der Waals surface area contributed by atoms with Crippen molar-refractivity contribution in [3.63, 3.8) is 0 Å². The molecule has 0 radical (unpaired) electrons. The summed E-state index contributed by atoms with van der Waals surface area (Å²) in [6, 6.07) is 6.44. The smallest absolute Gasteiger partial charge is 0.178 e. The van der Waals surface area contributed by atoms with Gasteiger partial charge in [-0.2, -0.15) is 11.3 Å². The van der Waals surface area contributed by atoms with E-state index in [0.717, 1.165) is 5.56 Å². The van der Waals surface area contributed by atoms with Gasteiger partial charge in [0.25, 0.3) is 0 Å². The normalized spacial score (nSPS) is 10.2. The van der Waals surface area contributed by atoms with Gasteiger partial charge in [-0.3, -0.25) is 0 Å². The number of thiophene rings is 1. The highest BCUT2D eigenvalue weighted by atomic mass is 32.1. The molecule has 0 saturated carbocycles. The van der Waals surface area contributed by atoms with Gasteiger partial charge in [0.15, 0.2) is 11.6 Å². The van der Waals surface area contributed by atoms with Crippen LogP contribution < -0.4 is 10.5 Å². The van der Waals surface area contributed by atoms with Crippen LogP contribution in [0.3, 0.4) is 0 Å². The Morgan fingerprint density at radius 2 is 2.20 bits per heavy atom. The second-order valence-electron chi connectivity index (χ2n) is 3.08. The van der Waals surface area contributed by atoms with Crippen LogP contribution in [0.1, 0.15) is 5.56 Å². The summed E-state index contributed by atoms with van der Waals surface area (Å²) in [5.41, 5.74) is 6.94. The number of anilines is 1. The molecule has 0 bridgehead atoms. The molecule has 0 fully saturated rings. The summed E-state index contributed by atoms with van der Waals surface area (Å²) in [6.07, 6.45) is 0. The van der Waals surface area contributed by atoms with Gasteiger partial charge in [0, 0.05) is 0 Å². The van der Waals surface area contributed by atoms with Crippen molar-refractivity contribution in [1.82, 2.24) is 0 Å². The Kier molecular flexibility index (Phi) is 2.87. The molecule has 2 N–H and O–H groups in total. The maximum Gasteiger partial charge on any atom is 0.178 e. The van der Waals surface area contributed by atoms with Crippen molar-refractivity contribution in [2.24, 2.45) is 0 Å². The molecule has 0 spiro atoms. The van der Waals surface area contributed by atoms with Gasteiger partial charge in [0.1, 0.15) is 6.61 Å². The van der Waals surface area contributed by atoms with Crippen LogP contribution in [0.25, 0.3) is 0 Å². The molecule has 1 aromatic carbocycles. The quantitative estimate of drug-likeness (QED) is 0.812. The Balaban J connectivity index is 2.11. The van der Waals surface area contributed by atoms with Crippen LogP contribution in [0, 0.1) is 5.82 Å². The van der Waals surface area contributed by atoms with Crippen molar-refractivity contribution in [1.29, 1.82) is 0 Å². The van der Waals surface area contributed by atoms with E-state index in [9.17, 15) is 4.39 Å². The number of benzene rings is 1. The molecule has 0 aliphatic carbocycles. The molecule has 0 amide bonds. The van der Waals surface area contributed by atoms with E-state index < -0.39 is 5.82 Å². The average molecular weight is 223 g/mol. The minimum Gasteiger partial charge on any atom is -0.484 e. The molecule has 0 aliphatic rings. The topological polar surface area (TPSA) is 35.2 Å². The molecule has 0 aliphatic heterocycles. The Morgan fingerprint density at radius 3 is 2.87 bits per heavy atom. The molecule has 2 aromatic rings. The van der Waals surface area contributed by atoms with Crippen LogP contribution in [0.2, 0.25) is 0 Å².